The average Bonchev–Trinajstić information content (AvgIpc) is 2.48. The zero-order valence-corrected chi connectivity index (χ0v) is 11.4. The van der Waals surface area contributed by atoms with E-state index in [1.165, 1.54) is 6.07 Å². The van der Waals surface area contributed by atoms with Crippen molar-refractivity contribution in [1.29, 1.82) is 0 Å². The number of benzene rings is 2. The molecule has 2 rings (SSSR count). The highest BCUT2D eigenvalue weighted by atomic mass is 19.1. The highest BCUT2D eigenvalue weighted by Crippen LogP contribution is 2.32. The Hall–Kier alpha value is -1.91. The molecule has 2 aromatic carbocycles. The molecule has 0 aliphatic rings. The molecule has 0 aliphatic heterocycles. The van der Waals surface area contributed by atoms with E-state index in [9.17, 15) is 4.39 Å². The van der Waals surface area contributed by atoms with Gasteiger partial charge in [0.05, 0.1) is 6.61 Å². The van der Waals surface area contributed by atoms with Crippen LogP contribution < -0.4 is 10.5 Å². The average molecular weight is 275 g/mol. The zero-order chi connectivity index (χ0) is 14.4. The summed E-state index contributed by atoms with van der Waals surface area (Å²) in [6.07, 6.45) is 0. The van der Waals surface area contributed by atoms with Crippen LogP contribution >= 0.6 is 0 Å². The lowest BCUT2D eigenvalue weighted by Gasteiger charge is -2.12. The first-order chi connectivity index (χ1) is 9.76. The van der Waals surface area contributed by atoms with Gasteiger partial charge in [-0.1, -0.05) is 30.3 Å². The van der Waals surface area contributed by atoms with Gasteiger partial charge in [-0.15, -0.1) is 0 Å². The predicted octanol–water partition coefficient (Wildman–Crippen LogP) is 2.98. The summed E-state index contributed by atoms with van der Waals surface area (Å²) in [5.41, 5.74) is 7.52. The van der Waals surface area contributed by atoms with E-state index in [0.29, 0.717) is 31.1 Å². The standard InChI is InChI=1S/C16H18FNO2/c1-19-8-9-20-16-5-3-2-4-14(16)13-7-6-12(11-18)10-15(13)17/h2-7,10H,8-9,11,18H2,1H3. The van der Waals surface area contributed by atoms with Crippen molar-refractivity contribution in [3.8, 4) is 16.9 Å². The van der Waals surface area contributed by atoms with Gasteiger partial charge in [0, 0.05) is 24.8 Å². The molecule has 3 nitrogen and oxygen atoms in total. The molecule has 0 radical (unpaired) electrons. The lowest BCUT2D eigenvalue weighted by Crippen LogP contribution is -2.05. The smallest absolute Gasteiger partial charge is 0.131 e. The minimum Gasteiger partial charge on any atom is -0.491 e. The Morgan fingerprint density at radius 2 is 1.85 bits per heavy atom. The summed E-state index contributed by atoms with van der Waals surface area (Å²) in [5, 5.41) is 0. The van der Waals surface area contributed by atoms with Crippen molar-refractivity contribution in [2.24, 2.45) is 5.73 Å². The van der Waals surface area contributed by atoms with Gasteiger partial charge in [0.15, 0.2) is 0 Å². The molecule has 0 heterocycles. The molecule has 0 fully saturated rings. The van der Waals surface area contributed by atoms with E-state index in [2.05, 4.69) is 0 Å². The minimum absolute atomic E-state index is 0.296. The summed E-state index contributed by atoms with van der Waals surface area (Å²) in [7, 11) is 1.61. The number of halogens is 1. The van der Waals surface area contributed by atoms with E-state index in [1.54, 1.807) is 13.2 Å². The van der Waals surface area contributed by atoms with E-state index >= 15 is 0 Å². The molecule has 0 atom stereocenters. The molecule has 0 amide bonds. The molecular weight excluding hydrogens is 257 g/mol. The molecule has 2 N–H and O–H groups in total. The fourth-order valence-electron chi connectivity index (χ4n) is 1.95. The second kappa shape index (κ2) is 7.03. The summed E-state index contributed by atoms with van der Waals surface area (Å²) in [5.74, 6) is 0.347. The van der Waals surface area contributed by atoms with Gasteiger partial charge in [-0.3, -0.25) is 0 Å². The van der Waals surface area contributed by atoms with E-state index in [4.69, 9.17) is 15.2 Å². The fraction of sp³-hybridized carbons (Fsp3) is 0.250. The van der Waals surface area contributed by atoms with Crippen LogP contribution in [0.3, 0.4) is 0 Å². The SMILES string of the molecule is COCCOc1ccccc1-c1ccc(CN)cc1F. The molecule has 2 aromatic rings. The molecule has 106 valence electrons. The Morgan fingerprint density at radius 1 is 1.05 bits per heavy atom. The third-order valence-corrected chi connectivity index (χ3v) is 2.99. The van der Waals surface area contributed by atoms with Crippen molar-refractivity contribution < 1.29 is 13.9 Å². The highest BCUT2D eigenvalue weighted by molar-refractivity contribution is 5.71. The molecule has 0 spiro atoms. The Kier molecular flexibility index (Phi) is 5.09. The normalized spacial score (nSPS) is 10.6. The van der Waals surface area contributed by atoms with Crippen molar-refractivity contribution in [1.82, 2.24) is 0 Å². The molecule has 0 unspecified atom stereocenters. The zero-order valence-electron chi connectivity index (χ0n) is 11.4. The Bertz CT molecular complexity index is 572. The summed E-state index contributed by atoms with van der Waals surface area (Å²) in [6, 6.07) is 12.4. The molecule has 0 bridgehead atoms. The second-order valence-electron chi connectivity index (χ2n) is 4.36. The van der Waals surface area contributed by atoms with E-state index in [1.807, 2.05) is 30.3 Å². The quantitative estimate of drug-likeness (QED) is 0.824. The number of methoxy groups -OCH3 is 1. The molecule has 0 saturated heterocycles. The lowest BCUT2D eigenvalue weighted by atomic mass is 10.0. The first kappa shape index (κ1) is 14.5. The number of para-hydroxylation sites is 1. The van der Waals surface area contributed by atoms with Gasteiger partial charge in [-0.25, -0.2) is 4.39 Å². The number of rotatable bonds is 6. The monoisotopic (exact) mass is 275 g/mol. The maximum Gasteiger partial charge on any atom is 0.131 e. The second-order valence-corrected chi connectivity index (χ2v) is 4.36. The number of ether oxygens (including phenoxy) is 2. The molecule has 0 aliphatic carbocycles. The van der Waals surface area contributed by atoms with Crippen LogP contribution in [0, 0.1) is 5.82 Å². The van der Waals surface area contributed by atoms with Crippen LogP contribution in [0.2, 0.25) is 0 Å². The largest absolute Gasteiger partial charge is 0.491 e. The summed E-state index contributed by atoms with van der Waals surface area (Å²) in [4.78, 5) is 0. The molecule has 0 saturated carbocycles. The van der Waals surface area contributed by atoms with E-state index in [-0.39, 0.29) is 5.82 Å². The highest BCUT2D eigenvalue weighted by Gasteiger charge is 2.11. The van der Waals surface area contributed by atoms with Crippen LogP contribution in [0.5, 0.6) is 5.75 Å². The predicted molar refractivity (Wildman–Crippen MR) is 77.1 cm³/mol. The van der Waals surface area contributed by atoms with Crippen molar-refractivity contribution in [2.75, 3.05) is 20.3 Å². The van der Waals surface area contributed by atoms with E-state index in [0.717, 1.165) is 11.1 Å². The van der Waals surface area contributed by atoms with Crippen LogP contribution in [-0.4, -0.2) is 20.3 Å². The number of nitrogens with two attached hydrogens (primary N) is 1. The lowest BCUT2D eigenvalue weighted by molar-refractivity contribution is 0.146. The number of hydrogen-bond donors (Lipinski definition) is 1. The topological polar surface area (TPSA) is 44.5 Å². The third kappa shape index (κ3) is 3.35. The van der Waals surface area contributed by atoms with Crippen LogP contribution in [0.4, 0.5) is 4.39 Å². The van der Waals surface area contributed by atoms with Crippen molar-refractivity contribution >= 4 is 0 Å². The van der Waals surface area contributed by atoms with Crippen LogP contribution in [0.25, 0.3) is 11.1 Å². The van der Waals surface area contributed by atoms with Crippen molar-refractivity contribution in [3.05, 3.63) is 53.8 Å². The maximum atomic E-state index is 14.2. The van der Waals surface area contributed by atoms with Crippen molar-refractivity contribution in [2.45, 2.75) is 6.54 Å². The first-order valence-electron chi connectivity index (χ1n) is 6.46. The van der Waals surface area contributed by atoms with Gasteiger partial charge in [-0.2, -0.15) is 0 Å². The van der Waals surface area contributed by atoms with Crippen LogP contribution in [0.15, 0.2) is 42.5 Å². The fourth-order valence-corrected chi connectivity index (χ4v) is 1.95. The van der Waals surface area contributed by atoms with Gasteiger partial charge in [-0.05, 0) is 17.7 Å². The molecule has 20 heavy (non-hydrogen) atoms. The van der Waals surface area contributed by atoms with E-state index < -0.39 is 0 Å². The Labute approximate surface area is 118 Å². The number of hydrogen-bond acceptors (Lipinski definition) is 3. The molecule has 0 aromatic heterocycles. The Morgan fingerprint density at radius 3 is 2.55 bits per heavy atom. The molecular formula is C16H18FNO2. The summed E-state index contributed by atoms with van der Waals surface area (Å²) >= 11 is 0. The summed E-state index contributed by atoms with van der Waals surface area (Å²) < 4.78 is 24.7. The van der Waals surface area contributed by atoms with Gasteiger partial charge >= 0.3 is 0 Å². The first-order valence-corrected chi connectivity index (χ1v) is 6.46. The van der Waals surface area contributed by atoms with Gasteiger partial charge < -0.3 is 15.2 Å². The van der Waals surface area contributed by atoms with Gasteiger partial charge in [0.2, 0.25) is 0 Å². The van der Waals surface area contributed by atoms with Gasteiger partial charge in [0.1, 0.15) is 18.2 Å². The van der Waals surface area contributed by atoms with Crippen molar-refractivity contribution in [3.63, 3.8) is 0 Å². The van der Waals surface area contributed by atoms with Gasteiger partial charge in [0.25, 0.3) is 0 Å². The Balaban J connectivity index is 2.32. The minimum atomic E-state index is -0.296. The third-order valence-electron chi connectivity index (χ3n) is 2.99. The van der Waals surface area contributed by atoms with Crippen LogP contribution in [0.1, 0.15) is 5.56 Å². The molecule has 4 heteroatoms. The summed E-state index contributed by atoms with van der Waals surface area (Å²) in [6.45, 7) is 1.24. The maximum absolute atomic E-state index is 14.2. The van der Waals surface area contributed by atoms with Crippen LogP contribution in [-0.2, 0) is 11.3 Å².